The van der Waals surface area contributed by atoms with Crippen molar-refractivity contribution in [1.29, 1.82) is 0 Å². The molecule has 1 atom stereocenters. The fourth-order valence-electron chi connectivity index (χ4n) is 1.85. The Bertz CT molecular complexity index is 331. The van der Waals surface area contributed by atoms with Crippen LogP contribution in [0.1, 0.15) is 25.3 Å². The number of β-lactam (4-membered cyclic amide) rings is 1. The number of carbonyl (C=O) groups is 1. The zero-order chi connectivity index (χ0) is 10.1. The summed E-state index contributed by atoms with van der Waals surface area (Å²) in [5.41, 5.74) is 1.15. The van der Waals surface area contributed by atoms with Crippen LogP contribution < -0.4 is 0 Å². The number of benzene rings is 1. The third-order valence-electron chi connectivity index (χ3n) is 2.79. The van der Waals surface area contributed by atoms with Gasteiger partial charge in [-0.1, -0.05) is 30.3 Å². The zero-order valence-electron chi connectivity index (χ0n) is 8.60. The topological polar surface area (TPSA) is 20.3 Å². The quantitative estimate of drug-likeness (QED) is 0.652. The standard InChI is InChI=1S/C12H15NO/c1-9(2)13-8-11(12(13)14)10-6-4-3-5-7-10/h3-7,9,11H,8H2,1-2H3. The number of rotatable bonds is 2. The molecular formula is C12H15NO. The predicted octanol–water partition coefficient (Wildman–Crippen LogP) is 2.02. The number of nitrogens with zero attached hydrogens (tertiary/aromatic N) is 1. The molecule has 1 aliphatic rings. The molecule has 0 saturated carbocycles. The highest BCUT2D eigenvalue weighted by molar-refractivity contribution is 5.89. The van der Waals surface area contributed by atoms with Crippen molar-refractivity contribution in [1.82, 2.24) is 4.90 Å². The van der Waals surface area contributed by atoms with Crippen molar-refractivity contribution in [2.24, 2.45) is 0 Å². The van der Waals surface area contributed by atoms with Crippen molar-refractivity contribution in [2.45, 2.75) is 25.8 Å². The van der Waals surface area contributed by atoms with Gasteiger partial charge >= 0.3 is 0 Å². The second-order valence-corrected chi connectivity index (χ2v) is 4.05. The van der Waals surface area contributed by atoms with Crippen LogP contribution in [0.15, 0.2) is 30.3 Å². The van der Waals surface area contributed by atoms with Crippen LogP contribution in [0.3, 0.4) is 0 Å². The Labute approximate surface area is 84.5 Å². The largest absolute Gasteiger partial charge is 0.339 e. The smallest absolute Gasteiger partial charge is 0.232 e. The Morgan fingerprint density at radius 3 is 2.43 bits per heavy atom. The van der Waals surface area contributed by atoms with Crippen LogP contribution in [0.2, 0.25) is 0 Å². The Morgan fingerprint density at radius 1 is 1.29 bits per heavy atom. The van der Waals surface area contributed by atoms with E-state index in [0.29, 0.717) is 6.04 Å². The highest BCUT2D eigenvalue weighted by atomic mass is 16.2. The molecule has 1 unspecified atom stereocenters. The van der Waals surface area contributed by atoms with Crippen molar-refractivity contribution in [3.63, 3.8) is 0 Å². The van der Waals surface area contributed by atoms with Crippen molar-refractivity contribution in [3.8, 4) is 0 Å². The minimum Gasteiger partial charge on any atom is -0.339 e. The van der Waals surface area contributed by atoms with E-state index in [1.54, 1.807) is 0 Å². The van der Waals surface area contributed by atoms with Gasteiger partial charge in [0.25, 0.3) is 0 Å². The van der Waals surface area contributed by atoms with E-state index in [1.807, 2.05) is 35.2 Å². The van der Waals surface area contributed by atoms with Crippen LogP contribution in [0.4, 0.5) is 0 Å². The molecule has 14 heavy (non-hydrogen) atoms. The second-order valence-electron chi connectivity index (χ2n) is 4.05. The lowest BCUT2D eigenvalue weighted by Gasteiger charge is -2.41. The molecule has 0 aromatic heterocycles. The minimum absolute atomic E-state index is 0.110. The van der Waals surface area contributed by atoms with Crippen LogP contribution in [-0.4, -0.2) is 23.4 Å². The van der Waals surface area contributed by atoms with Crippen LogP contribution in [-0.2, 0) is 4.79 Å². The normalized spacial score (nSPS) is 21.2. The summed E-state index contributed by atoms with van der Waals surface area (Å²) in [5, 5.41) is 0. The molecule has 2 rings (SSSR count). The Hall–Kier alpha value is -1.31. The molecule has 1 heterocycles. The second kappa shape index (κ2) is 3.45. The van der Waals surface area contributed by atoms with Gasteiger partial charge < -0.3 is 4.90 Å². The van der Waals surface area contributed by atoms with E-state index in [9.17, 15) is 4.79 Å². The monoisotopic (exact) mass is 189 g/mol. The van der Waals surface area contributed by atoms with Crippen LogP contribution >= 0.6 is 0 Å². The molecule has 1 amide bonds. The van der Waals surface area contributed by atoms with Gasteiger partial charge in [-0.25, -0.2) is 0 Å². The molecule has 0 bridgehead atoms. The summed E-state index contributed by atoms with van der Waals surface area (Å²) in [7, 11) is 0. The lowest BCUT2D eigenvalue weighted by atomic mass is 9.89. The first kappa shape index (κ1) is 9.25. The van der Waals surface area contributed by atoms with Crippen molar-refractivity contribution in [2.75, 3.05) is 6.54 Å². The Kier molecular flexibility index (Phi) is 2.28. The van der Waals surface area contributed by atoms with E-state index >= 15 is 0 Å². The van der Waals surface area contributed by atoms with Crippen molar-refractivity contribution in [3.05, 3.63) is 35.9 Å². The van der Waals surface area contributed by atoms with Crippen LogP contribution in [0, 0.1) is 0 Å². The Balaban J connectivity index is 2.09. The minimum atomic E-state index is 0.110. The van der Waals surface area contributed by atoms with E-state index in [2.05, 4.69) is 13.8 Å². The number of amides is 1. The van der Waals surface area contributed by atoms with E-state index in [0.717, 1.165) is 12.1 Å². The van der Waals surface area contributed by atoms with Gasteiger partial charge in [-0.05, 0) is 19.4 Å². The highest BCUT2D eigenvalue weighted by Gasteiger charge is 2.38. The molecule has 0 N–H and O–H groups in total. The van der Waals surface area contributed by atoms with Gasteiger partial charge in [0, 0.05) is 12.6 Å². The summed E-state index contributed by atoms with van der Waals surface area (Å²) in [6.45, 7) is 4.98. The molecule has 0 radical (unpaired) electrons. The van der Waals surface area contributed by atoms with Gasteiger partial charge in [0.15, 0.2) is 0 Å². The fourth-order valence-corrected chi connectivity index (χ4v) is 1.85. The first-order valence-corrected chi connectivity index (χ1v) is 5.05. The zero-order valence-corrected chi connectivity index (χ0v) is 8.60. The van der Waals surface area contributed by atoms with Gasteiger partial charge in [-0.3, -0.25) is 4.79 Å². The maximum absolute atomic E-state index is 11.7. The molecule has 74 valence electrons. The number of likely N-dealkylation sites (tertiary alicyclic amines) is 1. The molecule has 2 nitrogen and oxygen atoms in total. The summed E-state index contributed by atoms with van der Waals surface area (Å²) in [6, 6.07) is 10.3. The number of hydrogen-bond donors (Lipinski definition) is 0. The SMILES string of the molecule is CC(C)N1CC(c2ccccc2)C1=O. The summed E-state index contributed by atoms with van der Waals surface area (Å²) in [6.07, 6.45) is 0. The van der Waals surface area contributed by atoms with Crippen molar-refractivity contribution >= 4 is 5.91 Å². The maximum Gasteiger partial charge on any atom is 0.232 e. The molecular weight excluding hydrogens is 174 g/mol. The van der Waals surface area contributed by atoms with E-state index in [4.69, 9.17) is 0 Å². The van der Waals surface area contributed by atoms with E-state index in [-0.39, 0.29) is 11.8 Å². The molecule has 1 aromatic carbocycles. The molecule has 1 fully saturated rings. The lowest BCUT2D eigenvalue weighted by molar-refractivity contribution is -0.145. The van der Waals surface area contributed by atoms with Crippen LogP contribution in [0.5, 0.6) is 0 Å². The number of hydrogen-bond acceptors (Lipinski definition) is 1. The maximum atomic E-state index is 11.7. The molecule has 1 aliphatic heterocycles. The molecule has 2 heteroatoms. The summed E-state index contributed by atoms with van der Waals surface area (Å²) >= 11 is 0. The van der Waals surface area contributed by atoms with Gasteiger partial charge in [0.05, 0.1) is 5.92 Å². The predicted molar refractivity (Wildman–Crippen MR) is 56.0 cm³/mol. The average molecular weight is 189 g/mol. The average Bonchev–Trinajstić information content (AvgIpc) is 2.17. The lowest BCUT2D eigenvalue weighted by Crippen LogP contribution is -2.53. The van der Waals surface area contributed by atoms with Gasteiger partial charge in [0.2, 0.25) is 5.91 Å². The molecule has 0 aliphatic carbocycles. The fraction of sp³-hybridized carbons (Fsp3) is 0.417. The number of carbonyl (C=O) groups excluding carboxylic acids is 1. The summed E-state index contributed by atoms with van der Waals surface area (Å²) in [4.78, 5) is 13.6. The first-order chi connectivity index (χ1) is 6.70. The summed E-state index contributed by atoms with van der Waals surface area (Å²) in [5.74, 6) is 0.379. The molecule has 0 spiro atoms. The Morgan fingerprint density at radius 2 is 1.93 bits per heavy atom. The van der Waals surface area contributed by atoms with Gasteiger partial charge in [0.1, 0.15) is 0 Å². The molecule has 1 saturated heterocycles. The van der Waals surface area contributed by atoms with E-state index < -0.39 is 0 Å². The summed E-state index contributed by atoms with van der Waals surface area (Å²) < 4.78 is 0. The third-order valence-corrected chi connectivity index (χ3v) is 2.79. The highest BCUT2D eigenvalue weighted by Crippen LogP contribution is 2.29. The third kappa shape index (κ3) is 1.41. The van der Waals surface area contributed by atoms with Crippen LogP contribution in [0.25, 0.3) is 0 Å². The molecule has 1 aromatic rings. The van der Waals surface area contributed by atoms with Gasteiger partial charge in [-0.15, -0.1) is 0 Å². The van der Waals surface area contributed by atoms with Gasteiger partial charge in [-0.2, -0.15) is 0 Å². The first-order valence-electron chi connectivity index (χ1n) is 5.05. The van der Waals surface area contributed by atoms with Crippen molar-refractivity contribution < 1.29 is 4.79 Å². The van der Waals surface area contributed by atoms with E-state index in [1.165, 1.54) is 0 Å².